The van der Waals surface area contributed by atoms with Crippen LogP contribution in [0.1, 0.15) is 25.7 Å². The maximum atomic E-state index is 10.8. The lowest BCUT2D eigenvalue weighted by atomic mass is 9.89. The molecule has 2 unspecified atom stereocenters. The lowest BCUT2D eigenvalue weighted by Gasteiger charge is -2.32. The average molecular weight is 286 g/mol. The van der Waals surface area contributed by atoms with Gasteiger partial charge in [0.2, 0.25) is 0 Å². The molecule has 0 aromatic heterocycles. The summed E-state index contributed by atoms with van der Waals surface area (Å²) in [6.45, 7) is 0. The van der Waals surface area contributed by atoms with E-state index in [0.717, 1.165) is 25.7 Å². The zero-order valence-corrected chi connectivity index (χ0v) is 9.19. The average Bonchev–Trinajstić information content (AvgIpc) is 1.95. The van der Waals surface area contributed by atoms with E-state index < -0.39 is 10.3 Å². The number of alkyl halides is 2. The van der Waals surface area contributed by atoms with Crippen LogP contribution in [0.4, 0.5) is 0 Å². The fourth-order valence-corrected chi connectivity index (χ4v) is 2.59. The molecular formula is C7H10Br2O2. The van der Waals surface area contributed by atoms with Gasteiger partial charge in [-0.3, -0.25) is 4.79 Å². The molecule has 1 N–H and O–H groups in total. The van der Waals surface area contributed by atoms with Gasteiger partial charge in [0.1, 0.15) is 4.32 Å². The highest BCUT2D eigenvalue weighted by Gasteiger charge is 2.43. The second-order valence-electron chi connectivity index (χ2n) is 2.88. The van der Waals surface area contributed by atoms with Gasteiger partial charge in [-0.2, -0.15) is 0 Å². The van der Waals surface area contributed by atoms with Crippen LogP contribution >= 0.6 is 31.9 Å². The lowest BCUT2D eigenvalue weighted by Crippen LogP contribution is -2.42. The summed E-state index contributed by atoms with van der Waals surface area (Å²) >= 11 is 6.66. The monoisotopic (exact) mass is 284 g/mol. The van der Waals surface area contributed by atoms with Crippen LogP contribution in [0, 0.1) is 0 Å². The molecule has 0 amide bonds. The van der Waals surface area contributed by atoms with Crippen molar-refractivity contribution in [1.29, 1.82) is 0 Å². The summed E-state index contributed by atoms with van der Waals surface area (Å²) < 4.78 is -0.717. The molecule has 0 radical (unpaired) electrons. The van der Waals surface area contributed by atoms with Gasteiger partial charge < -0.3 is 5.11 Å². The molecule has 0 saturated heterocycles. The smallest absolute Gasteiger partial charge is 0.321 e. The van der Waals surface area contributed by atoms with Crippen molar-refractivity contribution in [2.24, 2.45) is 0 Å². The molecule has 1 saturated carbocycles. The number of carbonyl (C=O) groups is 1. The Morgan fingerprint density at radius 3 is 2.55 bits per heavy atom. The number of aliphatic carboxylic acids is 1. The van der Waals surface area contributed by atoms with Gasteiger partial charge in [0.25, 0.3) is 0 Å². The van der Waals surface area contributed by atoms with Crippen LogP contribution in [0.5, 0.6) is 0 Å². The minimum Gasteiger partial charge on any atom is -0.480 e. The summed E-state index contributed by atoms with van der Waals surface area (Å²) in [5.74, 6) is -0.751. The Morgan fingerprint density at radius 1 is 1.55 bits per heavy atom. The minimum atomic E-state index is -0.751. The molecule has 2 nitrogen and oxygen atoms in total. The van der Waals surface area contributed by atoms with Crippen molar-refractivity contribution in [3.63, 3.8) is 0 Å². The van der Waals surface area contributed by atoms with Gasteiger partial charge in [-0.05, 0) is 12.8 Å². The zero-order valence-electron chi connectivity index (χ0n) is 6.02. The van der Waals surface area contributed by atoms with Gasteiger partial charge in [0.15, 0.2) is 0 Å². The fraction of sp³-hybridized carbons (Fsp3) is 0.857. The number of carboxylic acid groups (broad SMARTS) is 1. The van der Waals surface area contributed by atoms with Gasteiger partial charge in [-0.25, -0.2) is 0 Å². The van der Waals surface area contributed by atoms with Crippen LogP contribution in [0.2, 0.25) is 0 Å². The highest BCUT2D eigenvalue weighted by Crippen LogP contribution is 2.40. The Bertz CT molecular complexity index is 172. The van der Waals surface area contributed by atoms with E-state index in [9.17, 15) is 4.79 Å². The third kappa shape index (κ3) is 1.78. The van der Waals surface area contributed by atoms with E-state index in [1.165, 1.54) is 0 Å². The predicted octanol–water partition coefficient (Wildman–Crippen LogP) is 2.54. The predicted molar refractivity (Wildman–Crippen MR) is 50.5 cm³/mol. The Morgan fingerprint density at radius 2 is 2.18 bits per heavy atom. The molecule has 0 bridgehead atoms. The molecule has 1 fully saturated rings. The normalized spacial score (nSPS) is 38.5. The van der Waals surface area contributed by atoms with Crippen molar-refractivity contribution in [3.8, 4) is 0 Å². The maximum absolute atomic E-state index is 10.8. The number of carboxylic acids is 1. The number of rotatable bonds is 1. The van der Waals surface area contributed by atoms with Crippen LogP contribution in [-0.4, -0.2) is 20.2 Å². The van der Waals surface area contributed by atoms with E-state index in [1.807, 2.05) is 0 Å². The van der Waals surface area contributed by atoms with E-state index in [4.69, 9.17) is 5.11 Å². The molecule has 0 spiro atoms. The molecular weight excluding hydrogens is 276 g/mol. The molecule has 11 heavy (non-hydrogen) atoms. The van der Waals surface area contributed by atoms with E-state index in [1.54, 1.807) is 0 Å². The molecule has 1 aliphatic carbocycles. The quantitative estimate of drug-likeness (QED) is 0.752. The summed E-state index contributed by atoms with van der Waals surface area (Å²) in [4.78, 5) is 10.9. The van der Waals surface area contributed by atoms with Gasteiger partial charge in [0, 0.05) is 4.83 Å². The maximum Gasteiger partial charge on any atom is 0.321 e. The van der Waals surface area contributed by atoms with E-state index in [-0.39, 0.29) is 4.83 Å². The SMILES string of the molecule is O=C(O)C1(Br)CCCCC1Br. The number of hydrogen-bond acceptors (Lipinski definition) is 1. The fourth-order valence-electron chi connectivity index (χ4n) is 1.33. The highest BCUT2D eigenvalue weighted by molar-refractivity contribution is 9.12. The molecule has 0 aromatic rings. The van der Waals surface area contributed by atoms with E-state index in [0.29, 0.717) is 0 Å². The Kier molecular flexibility index (Phi) is 2.97. The van der Waals surface area contributed by atoms with Crippen molar-refractivity contribution in [2.75, 3.05) is 0 Å². The van der Waals surface area contributed by atoms with Gasteiger partial charge >= 0.3 is 5.97 Å². The van der Waals surface area contributed by atoms with Crippen molar-refractivity contribution >= 4 is 37.8 Å². The summed E-state index contributed by atoms with van der Waals surface area (Å²) in [5, 5.41) is 8.89. The molecule has 1 rings (SSSR count). The standard InChI is InChI=1S/C7H10Br2O2/c8-5-3-1-2-4-7(5,9)6(10)11/h5H,1-4H2,(H,10,11). The molecule has 0 aromatic carbocycles. The Labute approximate surface area is 82.6 Å². The van der Waals surface area contributed by atoms with Gasteiger partial charge in [-0.1, -0.05) is 44.7 Å². The first-order valence-corrected chi connectivity index (χ1v) is 5.34. The summed E-state index contributed by atoms with van der Waals surface area (Å²) in [7, 11) is 0. The molecule has 0 aliphatic heterocycles. The van der Waals surface area contributed by atoms with Crippen LogP contribution in [-0.2, 0) is 4.79 Å². The first-order valence-electron chi connectivity index (χ1n) is 3.64. The lowest BCUT2D eigenvalue weighted by molar-refractivity contribution is -0.140. The largest absolute Gasteiger partial charge is 0.480 e. The van der Waals surface area contributed by atoms with Crippen LogP contribution in [0.25, 0.3) is 0 Å². The second kappa shape index (κ2) is 3.44. The second-order valence-corrected chi connectivity index (χ2v) is 5.40. The van der Waals surface area contributed by atoms with Crippen LogP contribution < -0.4 is 0 Å². The van der Waals surface area contributed by atoms with Gasteiger partial charge in [-0.15, -0.1) is 0 Å². The van der Waals surface area contributed by atoms with Crippen LogP contribution in [0.15, 0.2) is 0 Å². The minimum absolute atomic E-state index is 0.0706. The van der Waals surface area contributed by atoms with E-state index in [2.05, 4.69) is 31.9 Å². The number of hydrogen-bond donors (Lipinski definition) is 1. The van der Waals surface area contributed by atoms with Gasteiger partial charge in [0.05, 0.1) is 0 Å². The van der Waals surface area contributed by atoms with Crippen molar-refractivity contribution in [2.45, 2.75) is 34.8 Å². The molecule has 1 aliphatic rings. The number of halogens is 2. The molecule has 64 valence electrons. The Hall–Kier alpha value is 0.430. The van der Waals surface area contributed by atoms with Crippen molar-refractivity contribution in [1.82, 2.24) is 0 Å². The molecule has 2 atom stereocenters. The summed E-state index contributed by atoms with van der Waals surface area (Å²) in [6, 6.07) is 0. The third-order valence-corrected chi connectivity index (χ3v) is 5.24. The first kappa shape index (κ1) is 9.52. The summed E-state index contributed by atoms with van der Waals surface area (Å²) in [6.07, 6.45) is 3.78. The highest BCUT2D eigenvalue weighted by atomic mass is 79.9. The van der Waals surface area contributed by atoms with Crippen molar-refractivity contribution in [3.05, 3.63) is 0 Å². The van der Waals surface area contributed by atoms with Crippen molar-refractivity contribution < 1.29 is 9.90 Å². The Balaban J connectivity index is 2.72. The zero-order chi connectivity index (χ0) is 8.48. The topological polar surface area (TPSA) is 37.3 Å². The molecule has 0 heterocycles. The van der Waals surface area contributed by atoms with Crippen LogP contribution in [0.3, 0.4) is 0 Å². The first-order chi connectivity index (χ1) is 5.07. The molecule has 4 heteroatoms. The third-order valence-electron chi connectivity index (χ3n) is 2.10. The summed E-state index contributed by atoms with van der Waals surface area (Å²) in [5.41, 5.74) is 0. The van der Waals surface area contributed by atoms with E-state index >= 15 is 0 Å².